The van der Waals surface area contributed by atoms with E-state index in [0.29, 0.717) is 0 Å². The lowest BCUT2D eigenvalue weighted by Gasteiger charge is -1.96. The lowest BCUT2D eigenvalue weighted by atomic mass is 10.2. The Labute approximate surface area is 69.2 Å². The highest BCUT2D eigenvalue weighted by Crippen LogP contribution is 1.94. The maximum Gasteiger partial charge on any atom is 0.268 e. The predicted octanol–water partition coefficient (Wildman–Crippen LogP) is -1.39. The zero-order valence-electron chi connectivity index (χ0n) is 6.26. The first-order valence-corrected chi connectivity index (χ1v) is 3.31. The minimum Gasteiger partial charge on any atom is -0.340 e. The van der Waals surface area contributed by atoms with Crippen molar-refractivity contribution >= 4 is 17.5 Å². The largest absolute Gasteiger partial charge is 0.340 e. The molecule has 0 atom stereocenters. The van der Waals surface area contributed by atoms with Gasteiger partial charge < -0.3 is 5.32 Å². The predicted molar refractivity (Wildman–Crippen MR) is 42.0 cm³/mol. The summed E-state index contributed by atoms with van der Waals surface area (Å²) in [6.07, 6.45) is 4.94. The van der Waals surface area contributed by atoms with Crippen LogP contribution in [0.25, 0.3) is 0 Å². The van der Waals surface area contributed by atoms with E-state index in [1.54, 1.807) is 0 Å². The van der Waals surface area contributed by atoms with E-state index in [1.165, 1.54) is 0 Å². The molecule has 62 valence electrons. The van der Waals surface area contributed by atoms with E-state index >= 15 is 0 Å². The molecule has 0 bridgehead atoms. The number of nitrogens with one attached hydrogen (secondary N) is 2. The van der Waals surface area contributed by atoms with E-state index in [2.05, 4.69) is 21.8 Å². The fraction of sp³-hybridized carbons (Fsp3) is 0.286. The first-order chi connectivity index (χ1) is 5.74. The van der Waals surface area contributed by atoms with E-state index in [0.717, 1.165) is 0 Å². The lowest BCUT2D eigenvalue weighted by Crippen LogP contribution is -2.30. The Morgan fingerprint density at radius 2 is 2.58 bits per heavy atom. The lowest BCUT2D eigenvalue weighted by molar-refractivity contribution is -0.120. The standard InChI is InChI=1S/C7H7N3O2/c1-2-3-8-7(12)5-4-6(11)10-9-5/h1H,3-4H2,(H,8,12)(H,10,11). The third-order valence-corrected chi connectivity index (χ3v) is 1.26. The second-order valence-corrected chi connectivity index (χ2v) is 2.16. The zero-order valence-corrected chi connectivity index (χ0v) is 6.26. The fourth-order valence-corrected chi connectivity index (χ4v) is 0.725. The molecule has 0 aromatic rings. The molecular weight excluding hydrogens is 158 g/mol. The quantitative estimate of drug-likeness (QED) is 0.494. The molecule has 0 spiro atoms. The van der Waals surface area contributed by atoms with Crippen LogP contribution >= 0.6 is 0 Å². The van der Waals surface area contributed by atoms with Crippen molar-refractivity contribution in [1.82, 2.24) is 10.7 Å². The van der Waals surface area contributed by atoms with Crippen molar-refractivity contribution < 1.29 is 9.59 Å². The zero-order chi connectivity index (χ0) is 8.97. The average Bonchev–Trinajstić information content (AvgIpc) is 2.47. The van der Waals surface area contributed by atoms with Crippen LogP contribution in [-0.4, -0.2) is 24.1 Å². The van der Waals surface area contributed by atoms with Crippen molar-refractivity contribution in [3.63, 3.8) is 0 Å². The molecule has 0 aliphatic carbocycles. The third-order valence-electron chi connectivity index (χ3n) is 1.26. The van der Waals surface area contributed by atoms with Gasteiger partial charge in [-0.3, -0.25) is 9.59 Å². The molecule has 2 amide bonds. The minimum absolute atomic E-state index is 0.0242. The van der Waals surface area contributed by atoms with Crippen LogP contribution in [0.1, 0.15) is 6.42 Å². The van der Waals surface area contributed by atoms with Crippen LogP contribution in [-0.2, 0) is 9.59 Å². The highest BCUT2D eigenvalue weighted by atomic mass is 16.2. The molecule has 0 saturated heterocycles. The summed E-state index contributed by atoms with van der Waals surface area (Å²) in [5, 5.41) is 5.90. The SMILES string of the molecule is C#CCNC(=O)C1=NNC(=O)C1. The second kappa shape index (κ2) is 3.53. The van der Waals surface area contributed by atoms with E-state index in [9.17, 15) is 9.59 Å². The number of amides is 2. The van der Waals surface area contributed by atoms with Crippen molar-refractivity contribution in [1.29, 1.82) is 0 Å². The third kappa shape index (κ3) is 1.83. The number of carbonyl (C=O) groups excluding carboxylic acids is 2. The van der Waals surface area contributed by atoms with Gasteiger partial charge in [0.05, 0.1) is 13.0 Å². The van der Waals surface area contributed by atoms with Gasteiger partial charge in [-0.05, 0) is 0 Å². The highest BCUT2D eigenvalue weighted by Gasteiger charge is 2.20. The maximum absolute atomic E-state index is 11.0. The van der Waals surface area contributed by atoms with E-state index in [-0.39, 0.29) is 24.6 Å². The summed E-state index contributed by atoms with van der Waals surface area (Å²) < 4.78 is 0. The molecule has 0 saturated carbocycles. The van der Waals surface area contributed by atoms with Gasteiger partial charge in [0.25, 0.3) is 5.91 Å². The van der Waals surface area contributed by atoms with Gasteiger partial charge in [0.1, 0.15) is 5.71 Å². The Morgan fingerprint density at radius 1 is 1.83 bits per heavy atom. The molecule has 5 heteroatoms. The van der Waals surface area contributed by atoms with Gasteiger partial charge in [0, 0.05) is 0 Å². The molecule has 1 aliphatic rings. The molecule has 1 heterocycles. The number of carbonyl (C=O) groups is 2. The first kappa shape index (κ1) is 8.27. The van der Waals surface area contributed by atoms with Gasteiger partial charge >= 0.3 is 0 Å². The topological polar surface area (TPSA) is 70.6 Å². The van der Waals surface area contributed by atoms with Crippen LogP contribution in [0.3, 0.4) is 0 Å². The van der Waals surface area contributed by atoms with Crippen molar-refractivity contribution in [2.75, 3.05) is 6.54 Å². The Balaban J connectivity index is 2.44. The molecule has 5 nitrogen and oxygen atoms in total. The van der Waals surface area contributed by atoms with Gasteiger partial charge in [-0.1, -0.05) is 5.92 Å². The second-order valence-electron chi connectivity index (χ2n) is 2.16. The molecular formula is C7H7N3O2. The van der Waals surface area contributed by atoms with Crippen molar-refractivity contribution in [3.05, 3.63) is 0 Å². The normalized spacial score (nSPS) is 14.6. The first-order valence-electron chi connectivity index (χ1n) is 3.31. The number of hydrogen-bond acceptors (Lipinski definition) is 3. The van der Waals surface area contributed by atoms with Gasteiger partial charge in [-0.15, -0.1) is 6.42 Å². The molecule has 1 rings (SSSR count). The summed E-state index contributed by atoms with van der Waals surface area (Å²) >= 11 is 0. The average molecular weight is 165 g/mol. The fourth-order valence-electron chi connectivity index (χ4n) is 0.725. The van der Waals surface area contributed by atoms with Crippen molar-refractivity contribution in [2.45, 2.75) is 6.42 Å². The number of rotatable bonds is 2. The van der Waals surface area contributed by atoms with Gasteiger partial charge in [-0.25, -0.2) is 5.43 Å². The minimum atomic E-state index is -0.397. The van der Waals surface area contributed by atoms with Crippen LogP contribution in [0.15, 0.2) is 5.10 Å². The number of terminal acetylenes is 1. The Morgan fingerprint density at radius 3 is 3.08 bits per heavy atom. The molecule has 0 fully saturated rings. The van der Waals surface area contributed by atoms with Gasteiger partial charge in [0.2, 0.25) is 5.91 Å². The van der Waals surface area contributed by atoms with Crippen LogP contribution in [0.2, 0.25) is 0 Å². The molecule has 0 aromatic carbocycles. The van der Waals surface area contributed by atoms with Crippen LogP contribution < -0.4 is 10.7 Å². The van der Waals surface area contributed by atoms with Crippen LogP contribution in [0, 0.1) is 12.3 Å². The summed E-state index contributed by atoms with van der Waals surface area (Å²) in [6.45, 7) is 0.145. The van der Waals surface area contributed by atoms with Gasteiger partial charge in [0.15, 0.2) is 0 Å². The Bertz CT molecular complexity index is 288. The number of nitrogens with zero attached hydrogens (tertiary/aromatic N) is 1. The summed E-state index contributed by atoms with van der Waals surface area (Å²) in [5.41, 5.74) is 2.34. The number of hydrogen-bond donors (Lipinski definition) is 2. The Hall–Kier alpha value is -1.83. The Kier molecular flexibility index (Phi) is 2.43. The maximum atomic E-state index is 11.0. The molecule has 2 N–H and O–H groups in total. The summed E-state index contributed by atoms with van der Waals surface area (Å²) in [4.78, 5) is 21.6. The highest BCUT2D eigenvalue weighted by molar-refractivity contribution is 6.43. The smallest absolute Gasteiger partial charge is 0.268 e. The van der Waals surface area contributed by atoms with Crippen LogP contribution in [0.4, 0.5) is 0 Å². The summed E-state index contributed by atoms with van der Waals surface area (Å²) in [5.74, 6) is 1.57. The molecule has 0 unspecified atom stereocenters. The summed E-state index contributed by atoms with van der Waals surface area (Å²) in [6, 6.07) is 0. The van der Waals surface area contributed by atoms with E-state index < -0.39 is 5.91 Å². The van der Waals surface area contributed by atoms with Crippen molar-refractivity contribution in [2.24, 2.45) is 5.10 Å². The van der Waals surface area contributed by atoms with Crippen LogP contribution in [0.5, 0.6) is 0 Å². The summed E-state index contributed by atoms with van der Waals surface area (Å²) in [7, 11) is 0. The molecule has 0 radical (unpaired) electrons. The molecule has 1 aliphatic heterocycles. The molecule has 0 aromatic heterocycles. The monoisotopic (exact) mass is 165 g/mol. The van der Waals surface area contributed by atoms with E-state index in [1.807, 2.05) is 0 Å². The van der Waals surface area contributed by atoms with E-state index in [4.69, 9.17) is 6.42 Å². The molecule has 12 heavy (non-hydrogen) atoms. The van der Waals surface area contributed by atoms with Crippen molar-refractivity contribution in [3.8, 4) is 12.3 Å². The number of hydrazone groups is 1. The van der Waals surface area contributed by atoms with Gasteiger partial charge in [-0.2, -0.15) is 5.10 Å².